The Morgan fingerprint density at radius 2 is 1.71 bits per heavy atom. The normalized spacial score (nSPS) is 11.0. The maximum atomic E-state index is 13.2. The van der Waals surface area contributed by atoms with Crippen molar-refractivity contribution in [1.82, 2.24) is 24.9 Å². The molecule has 0 aliphatic carbocycles. The average molecular weight is 494 g/mol. The van der Waals surface area contributed by atoms with Gasteiger partial charge in [0.25, 0.3) is 0 Å². The molecule has 0 amide bonds. The third kappa shape index (κ3) is 4.95. The molecule has 7 nitrogen and oxygen atoms in total. The van der Waals surface area contributed by atoms with Crippen molar-refractivity contribution in [3.05, 3.63) is 101 Å². The molecule has 0 N–H and O–H groups in total. The van der Waals surface area contributed by atoms with Crippen LogP contribution >= 0.6 is 23.4 Å². The molecule has 170 valence electrons. The Morgan fingerprint density at radius 1 is 0.941 bits per heavy atom. The van der Waals surface area contributed by atoms with E-state index in [4.69, 9.17) is 20.9 Å². The predicted molar refractivity (Wildman–Crippen MR) is 126 cm³/mol. The zero-order valence-corrected chi connectivity index (χ0v) is 19.2. The molecule has 2 heterocycles. The van der Waals surface area contributed by atoms with Gasteiger partial charge in [-0.3, -0.25) is 4.57 Å². The second kappa shape index (κ2) is 10.1. The minimum absolute atomic E-state index is 0.182. The molecule has 0 atom stereocenters. The monoisotopic (exact) mass is 493 g/mol. The number of ether oxygens (including phenoxy) is 1. The van der Waals surface area contributed by atoms with E-state index in [9.17, 15) is 4.39 Å². The lowest BCUT2D eigenvalue weighted by atomic mass is 10.2. The van der Waals surface area contributed by atoms with E-state index in [0.717, 1.165) is 5.69 Å². The maximum absolute atomic E-state index is 13.2. The van der Waals surface area contributed by atoms with Gasteiger partial charge in [0.2, 0.25) is 11.7 Å². The van der Waals surface area contributed by atoms with Crippen molar-refractivity contribution in [3.8, 4) is 22.8 Å². The minimum atomic E-state index is -0.322. The van der Waals surface area contributed by atoms with Gasteiger partial charge >= 0.3 is 0 Å². The molecular weight excluding hydrogens is 477 g/mol. The van der Waals surface area contributed by atoms with E-state index in [1.165, 1.54) is 23.9 Å². The summed E-state index contributed by atoms with van der Waals surface area (Å²) >= 11 is 7.61. The molecule has 0 bridgehead atoms. The second-order valence-electron chi connectivity index (χ2n) is 7.10. The molecule has 5 rings (SSSR count). The molecule has 0 fully saturated rings. The first-order valence-electron chi connectivity index (χ1n) is 10.3. The molecule has 0 aliphatic rings. The summed E-state index contributed by atoms with van der Waals surface area (Å²) in [7, 11) is 0. The summed E-state index contributed by atoms with van der Waals surface area (Å²) in [5, 5.41) is 13.8. The number of benzene rings is 3. The van der Waals surface area contributed by atoms with Gasteiger partial charge in [-0.25, -0.2) is 4.39 Å². The number of thioether (sulfide) groups is 1. The van der Waals surface area contributed by atoms with Crippen LogP contribution in [0.3, 0.4) is 0 Å². The molecule has 2 aromatic heterocycles. The topological polar surface area (TPSA) is 78.9 Å². The van der Waals surface area contributed by atoms with E-state index >= 15 is 0 Å². The van der Waals surface area contributed by atoms with E-state index in [0.29, 0.717) is 44.8 Å². The van der Waals surface area contributed by atoms with Crippen LogP contribution < -0.4 is 4.74 Å². The van der Waals surface area contributed by atoms with Crippen LogP contribution in [0.25, 0.3) is 17.1 Å². The third-order valence-corrected chi connectivity index (χ3v) is 6.03. The molecule has 0 saturated heterocycles. The van der Waals surface area contributed by atoms with Crippen LogP contribution in [0.15, 0.2) is 88.5 Å². The molecule has 0 spiro atoms. The molecule has 0 radical (unpaired) electrons. The molecule has 5 aromatic rings. The van der Waals surface area contributed by atoms with Gasteiger partial charge in [-0.1, -0.05) is 58.9 Å². The Kier molecular flexibility index (Phi) is 6.55. The van der Waals surface area contributed by atoms with Crippen molar-refractivity contribution in [2.75, 3.05) is 0 Å². The van der Waals surface area contributed by atoms with E-state index < -0.39 is 0 Å². The van der Waals surface area contributed by atoms with Crippen molar-refractivity contribution < 1.29 is 13.7 Å². The van der Waals surface area contributed by atoms with Crippen LogP contribution in [0, 0.1) is 5.82 Å². The van der Waals surface area contributed by atoms with Crippen LogP contribution in [0.1, 0.15) is 11.7 Å². The summed E-state index contributed by atoms with van der Waals surface area (Å²) in [6, 6.07) is 22.9. The Bertz CT molecular complexity index is 1390. The smallest absolute Gasteiger partial charge is 0.237 e. The highest BCUT2D eigenvalue weighted by Gasteiger charge is 2.17. The fourth-order valence-corrected chi connectivity index (χ4v) is 4.18. The van der Waals surface area contributed by atoms with Gasteiger partial charge in [-0.2, -0.15) is 4.98 Å². The van der Waals surface area contributed by atoms with E-state index in [2.05, 4.69) is 20.3 Å². The summed E-state index contributed by atoms with van der Waals surface area (Å²) in [6.45, 7) is 0.182. The number of nitrogens with zero attached hydrogens (tertiary/aromatic N) is 5. The van der Waals surface area contributed by atoms with Gasteiger partial charge in [0.1, 0.15) is 18.2 Å². The summed E-state index contributed by atoms with van der Waals surface area (Å²) in [4.78, 5) is 4.40. The fraction of sp³-hybridized carbons (Fsp3) is 0.0833. The average Bonchev–Trinajstić information content (AvgIpc) is 3.50. The van der Waals surface area contributed by atoms with Crippen molar-refractivity contribution in [1.29, 1.82) is 0 Å². The first-order chi connectivity index (χ1) is 16.7. The fourth-order valence-electron chi connectivity index (χ4n) is 3.18. The zero-order chi connectivity index (χ0) is 23.3. The third-order valence-electron chi connectivity index (χ3n) is 4.80. The first-order valence-corrected chi connectivity index (χ1v) is 11.6. The molecule has 0 aliphatic heterocycles. The molecule has 0 unspecified atom stereocenters. The highest BCUT2D eigenvalue weighted by molar-refractivity contribution is 7.98. The second-order valence-corrected chi connectivity index (χ2v) is 8.45. The van der Waals surface area contributed by atoms with Gasteiger partial charge in [-0.05, 0) is 48.5 Å². The highest BCUT2D eigenvalue weighted by atomic mass is 35.5. The number of rotatable bonds is 8. The van der Waals surface area contributed by atoms with Crippen molar-refractivity contribution >= 4 is 23.4 Å². The number of halogens is 2. The molecule has 0 saturated carbocycles. The van der Waals surface area contributed by atoms with Gasteiger partial charge in [0, 0.05) is 11.3 Å². The zero-order valence-electron chi connectivity index (χ0n) is 17.6. The van der Waals surface area contributed by atoms with Gasteiger partial charge in [0.15, 0.2) is 11.0 Å². The van der Waals surface area contributed by atoms with Gasteiger partial charge in [-0.15, -0.1) is 10.2 Å². The summed E-state index contributed by atoms with van der Waals surface area (Å²) < 4.78 is 26.3. The van der Waals surface area contributed by atoms with Crippen LogP contribution in [-0.2, 0) is 12.4 Å². The predicted octanol–water partition coefficient (Wildman–Crippen LogP) is 5.98. The lowest BCUT2D eigenvalue weighted by Gasteiger charge is -2.11. The first kappa shape index (κ1) is 22.1. The Hall–Kier alpha value is -3.69. The number of para-hydroxylation sites is 2. The Morgan fingerprint density at radius 3 is 2.50 bits per heavy atom. The van der Waals surface area contributed by atoms with Crippen molar-refractivity contribution in [2.45, 2.75) is 17.5 Å². The lowest BCUT2D eigenvalue weighted by Crippen LogP contribution is -2.06. The highest BCUT2D eigenvalue weighted by Crippen LogP contribution is 2.28. The molecule has 34 heavy (non-hydrogen) atoms. The Balaban J connectivity index is 1.35. The van der Waals surface area contributed by atoms with E-state index in [1.807, 2.05) is 47.0 Å². The van der Waals surface area contributed by atoms with Gasteiger partial charge in [0.05, 0.1) is 10.8 Å². The summed E-state index contributed by atoms with van der Waals surface area (Å²) in [6.07, 6.45) is 0. The number of aromatic nitrogens is 5. The van der Waals surface area contributed by atoms with Crippen molar-refractivity contribution in [3.63, 3.8) is 0 Å². The molecule has 10 heteroatoms. The standard InChI is InChI=1S/C24H17ClFN5O2S/c25-19-8-4-5-9-20(19)32-14-21-28-29-24(31(21)18-6-2-1-3-7-18)34-15-22-27-23(30-33-22)16-10-12-17(26)13-11-16/h1-13H,14-15H2. The summed E-state index contributed by atoms with van der Waals surface area (Å²) in [5.41, 5.74) is 1.57. The van der Waals surface area contributed by atoms with Crippen LogP contribution in [0.2, 0.25) is 5.02 Å². The largest absolute Gasteiger partial charge is 0.484 e. The summed E-state index contributed by atoms with van der Waals surface area (Å²) in [5.74, 6) is 2.06. The van der Waals surface area contributed by atoms with Crippen LogP contribution in [0.4, 0.5) is 4.39 Å². The Labute approximate surface area is 203 Å². The van der Waals surface area contributed by atoms with E-state index in [-0.39, 0.29) is 12.4 Å². The minimum Gasteiger partial charge on any atom is -0.484 e. The van der Waals surface area contributed by atoms with Crippen LogP contribution in [0.5, 0.6) is 5.75 Å². The van der Waals surface area contributed by atoms with Gasteiger partial charge < -0.3 is 9.26 Å². The quantitative estimate of drug-likeness (QED) is 0.246. The SMILES string of the molecule is Fc1ccc(-c2noc(CSc3nnc(COc4ccccc4Cl)n3-c3ccccc3)n2)cc1. The van der Waals surface area contributed by atoms with Crippen LogP contribution in [-0.4, -0.2) is 24.9 Å². The maximum Gasteiger partial charge on any atom is 0.237 e. The molecule has 3 aromatic carbocycles. The van der Waals surface area contributed by atoms with E-state index in [1.54, 1.807) is 24.3 Å². The lowest BCUT2D eigenvalue weighted by molar-refractivity contribution is 0.293. The van der Waals surface area contributed by atoms with Crippen molar-refractivity contribution in [2.24, 2.45) is 0 Å². The number of hydrogen-bond acceptors (Lipinski definition) is 7. The molecular formula is C24H17ClFN5O2S. The number of hydrogen-bond donors (Lipinski definition) is 0.